The highest BCUT2D eigenvalue weighted by Crippen LogP contribution is 1.93. The van der Waals surface area contributed by atoms with Crippen LogP contribution in [0.5, 0.6) is 0 Å². The van der Waals surface area contributed by atoms with Gasteiger partial charge < -0.3 is 4.74 Å². The molecule has 0 radical (unpaired) electrons. The summed E-state index contributed by atoms with van der Waals surface area (Å²) in [4.78, 5) is 0. The lowest BCUT2D eigenvalue weighted by atomic mass is 11.1. The van der Waals surface area contributed by atoms with Gasteiger partial charge in [0.1, 0.15) is 0 Å². The van der Waals surface area contributed by atoms with Gasteiger partial charge in [0.05, 0.1) is 12.5 Å². The van der Waals surface area contributed by atoms with E-state index in [0.717, 1.165) is 0 Å². The topological polar surface area (TPSA) is 9.23 Å². The van der Waals surface area contributed by atoms with Gasteiger partial charge >= 0.3 is 0 Å². The fourth-order valence-electron chi connectivity index (χ4n) is 0.0680. The lowest BCUT2D eigenvalue weighted by molar-refractivity contribution is 0.400. The monoisotopic (exact) mass is 152 g/mol. The maximum absolute atomic E-state index is 10.2. The highest BCUT2D eigenvalue weighted by molar-refractivity contribution is 4.66. The number of ether oxygens (including phenoxy) is 1. The van der Waals surface area contributed by atoms with Crippen molar-refractivity contribution in [1.29, 1.82) is 0 Å². The van der Waals surface area contributed by atoms with E-state index in [-0.39, 0.29) is 0 Å². The van der Waals surface area contributed by atoms with E-state index in [1.807, 2.05) is 0 Å². The first-order chi connectivity index (χ1) is 4.68. The Morgan fingerprint density at radius 1 is 1.20 bits per heavy atom. The minimum absolute atomic E-state index is 0.750. The first kappa shape index (κ1) is 11.6. The highest BCUT2D eigenvalue weighted by Gasteiger charge is 1.78. The molecule has 4 heteroatoms. The maximum Gasteiger partial charge on any atom is 0.298 e. The van der Waals surface area contributed by atoms with Crippen LogP contribution in [0.1, 0.15) is 0 Å². The Bertz CT molecular complexity index is 110. The summed E-state index contributed by atoms with van der Waals surface area (Å²) in [7, 11) is 0. The summed E-state index contributed by atoms with van der Waals surface area (Å²) in [6, 6.07) is 0. The Morgan fingerprint density at radius 2 is 1.50 bits per heavy atom. The molecule has 0 aliphatic heterocycles. The van der Waals surface area contributed by atoms with Crippen molar-refractivity contribution in [1.82, 2.24) is 0 Å². The summed E-state index contributed by atoms with van der Waals surface area (Å²) in [5.74, 6) is 0. The first-order valence-corrected chi connectivity index (χ1v) is 2.17. The van der Waals surface area contributed by atoms with Gasteiger partial charge in [0.15, 0.2) is 6.33 Å². The Labute approximate surface area is 57.1 Å². The molecular weight excluding hydrogens is 145 g/mol. The molecule has 0 bridgehead atoms. The zero-order valence-corrected chi connectivity index (χ0v) is 5.19. The van der Waals surface area contributed by atoms with E-state index >= 15 is 0 Å². The van der Waals surface area contributed by atoms with Crippen LogP contribution in [-0.4, -0.2) is 0 Å². The number of rotatable bonds is 2. The molecule has 10 heavy (non-hydrogen) atoms. The quantitative estimate of drug-likeness (QED) is 0.552. The fourth-order valence-corrected chi connectivity index (χ4v) is 0.0680. The average molecular weight is 152 g/mol. The van der Waals surface area contributed by atoms with Gasteiger partial charge in [-0.05, 0) is 0 Å². The summed E-state index contributed by atoms with van der Waals surface area (Å²) in [6.07, 6.45) is -0.412. The molecule has 0 heterocycles. The minimum atomic E-state index is -2.29. The molecule has 0 fully saturated rings. The van der Waals surface area contributed by atoms with Crippen LogP contribution in [0.2, 0.25) is 0 Å². The van der Waals surface area contributed by atoms with Crippen LogP contribution in [0.3, 0.4) is 0 Å². The molecule has 0 amide bonds. The number of hydrogen-bond donors (Lipinski definition) is 0. The fraction of sp³-hybridized carbons (Fsp3) is 0. The SMILES string of the molecule is C=COC=C.FC=C(F)F. The molecule has 0 aromatic heterocycles. The first-order valence-electron chi connectivity index (χ1n) is 2.17. The lowest BCUT2D eigenvalue weighted by Crippen LogP contribution is -1.52. The van der Waals surface area contributed by atoms with Crippen LogP contribution in [-0.2, 0) is 4.74 Å². The number of hydrogen-bond acceptors (Lipinski definition) is 1. The van der Waals surface area contributed by atoms with Gasteiger partial charge in [-0.15, -0.1) is 0 Å². The molecular formula is C6H7F3O. The smallest absolute Gasteiger partial charge is 0.298 e. The van der Waals surface area contributed by atoms with Crippen molar-refractivity contribution in [2.45, 2.75) is 0 Å². The average Bonchev–Trinajstić information content (AvgIpc) is 1.91. The van der Waals surface area contributed by atoms with Crippen molar-refractivity contribution in [2.24, 2.45) is 0 Å². The third kappa shape index (κ3) is 29.1. The molecule has 0 saturated carbocycles. The molecule has 0 aliphatic carbocycles. The van der Waals surface area contributed by atoms with Crippen LogP contribution in [0.15, 0.2) is 38.1 Å². The van der Waals surface area contributed by atoms with Crippen molar-refractivity contribution >= 4 is 0 Å². The zero-order chi connectivity index (χ0) is 8.41. The third-order valence-electron chi connectivity index (χ3n) is 0.275. The van der Waals surface area contributed by atoms with E-state index < -0.39 is 12.4 Å². The van der Waals surface area contributed by atoms with E-state index in [1.165, 1.54) is 12.5 Å². The van der Waals surface area contributed by atoms with Gasteiger partial charge in [-0.1, -0.05) is 13.2 Å². The third-order valence-corrected chi connectivity index (χ3v) is 0.275. The second-order valence-electron chi connectivity index (χ2n) is 0.868. The molecule has 0 aromatic rings. The van der Waals surface area contributed by atoms with Crippen LogP contribution < -0.4 is 0 Å². The normalized spacial score (nSPS) is 6.30. The molecule has 1 nitrogen and oxygen atoms in total. The Hall–Kier alpha value is -1.19. The van der Waals surface area contributed by atoms with Crippen LogP contribution in [0, 0.1) is 0 Å². The lowest BCUT2D eigenvalue weighted by Gasteiger charge is -1.76. The molecule has 0 saturated heterocycles. The molecule has 0 aliphatic rings. The summed E-state index contributed by atoms with van der Waals surface area (Å²) in [5.41, 5.74) is 0. The van der Waals surface area contributed by atoms with E-state index in [1.54, 1.807) is 0 Å². The predicted molar refractivity (Wildman–Crippen MR) is 32.9 cm³/mol. The van der Waals surface area contributed by atoms with Crippen molar-refractivity contribution < 1.29 is 17.9 Å². The minimum Gasteiger partial charge on any atom is -0.474 e. The van der Waals surface area contributed by atoms with E-state index in [0.29, 0.717) is 0 Å². The molecule has 0 unspecified atom stereocenters. The predicted octanol–water partition coefficient (Wildman–Crippen LogP) is 2.98. The van der Waals surface area contributed by atoms with Gasteiger partial charge in [0.25, 0.3) is 6.08 Å². The van der Waals surface area contributed by atoms with Crippen LogP contribution in [0.4, 0.5) is 13.2 Å². The van der Waals surface area contributed by atoms with Crippen molar-refractivity contribution in [3.63, 3.8) is 0 Å². The molecule has 0 atom stereocenters. The van der Waals surface area contributed by atoms with Crippen LogP contribution in [0.25, 0.3) is 0 Å². The van der Waals surface area contributed by atoms with E-state index in [2.05, 4.69) is 17.9 Å². The summed E-state index contributed by atoms with van der Waals surface area (Å²) in [5, 5.41) is 0. The highest BCUT2D eigenvalue weighted by atomic mass is 19.3. The summed E-state index contributed by atoms with van der Waals surface area (Å²) < 4.78 is 35.1. The standard InChI is InChI=1S/C4H6O.C2HF3/c1-3-5-4-2;3-1-2(4)5/h3-4H,1-2H2;1H. The maximum atomic E-state index is 10.2. The van der Waals surface area contributed by atoms with E-state index in [4.69, 9.17) is 0 Å². The van der Waals surface area contributed by atoms with Crippen LogP contribution >= 0.6 is 0 Å². The molecule has 0 rings (SSSR count). The van der Waals surface area contributed by atoms with Gasteiger partial charge in [0, 0.05) is 0 Å². The molecule has 0 N–H and O–H groups in total. The van der Waals surface area contributed by atoms with Gasteiger partial charge in [-0.2, -0.15) is 8.78 Å². The van der Waals surface area contributed by atoms with Gasteiger partial charge in [-0.3, -0.25) is 0 Å². The second kappa shape index (κ2) is 10.7. The molecule has 0 spiro atoms. The Balaban J connectivity index is 0. The largest absolute Gasteiger partial charge is 0.474 e. The van der Waals surface area contributed by atoms with Gasteiger partial charge in [-0.25, -0.2) is 4.39 Å². The Kier molecular flexibility index (Phi) is 12.4. The Morgan fingerprint density at radius 3 is 1.50 bits per heavy atom. The van der Waals surface area contributed by atoms with Crippen molar-refractivity contribution in [2.75, 3.05) is 0 Å². The summed E-state index contributed by atoms with van der Waals surface area (Å²) >= 11 is 0. The summed E-state index contributed by atoms with van der Waals surface area (Å²) in [6.45, 7) is 6.51. The molecule has 58 valence electrons. The molecule has 0 aromatic carbocycles. The van der Waals surface area contributed by atoms with Crippen molar-refractivity contribution in [3.05, 3.63) is 38.1 Å². The van der Waals surface area contributed by atoms with Crippen molar-refractivity contribution in [3.8, 4) is 0 Å². The second-order valence-corrected chi connectivity index (χ2v) is 0.868. The number of halogens is 3. The van der Waals surface area contributed by atoms with Gasteiger partial charge in [0.2, 0.25) is 0 Å². The van der Waals surface area contributed by atoms with E-state index in [9.17, 15) is 13.2 Å². The zero-order valence-electron chi connectivity index (χ0n) is 5.19.